The molecule has 2 nitrogen and oxygen atoms in total. The third-order valence-corrected chi connectivity index (χ3v) is 4.26. The van der Waals surface area contributed by atoms with Crippen LogP contribution in [0.25, 0.3) is 0 Å². The van der Waals surface area contributed by atoms with Gasteiger partial charge in [0.25, 0.3) is 0 Å². The lowest BCUT2D eigenvalue weighted by molar-refractivity contribution is -0.148. The molecule has 0 rings (SSSR count). The fourth-order valence-electron chi connectivity index (χ4n) is 2.43. The molecule has 0 aliphatic rings. The van der Waals surface area contributed by atoms with Gasteiger partial charge in [0, 0.05) is 0 Å². The Balaban J connectivity index is 3.13. The number of hydrogen-bond donors (Lipinski definition) is 0. The number of unbranched alkanes of at least 4 members (excludes halogenated alkanes) is 10. The van der Waals surface area contributed by atoms with Gasteiger partial charge in [-0.25, -0.2) is 0 Å². The molecule has 0 aromatic heterocycles. The lowest BCUT2D eigenvalue weighted by Crippen LogP contribution is -2.14. The smallest absolute Gasteiger partial charge is 0.308 e. The number of hydrogen-bond acceptors (Lipinski definition) is 2. The Morgan fingerprint density at radius 1 is 0.909 bits per heavy atom. The quantitative estimate of drug-likeness (QED) is 0.197. The molecule has 130 valence electrons. The van der Waals surface area contributed by atoms with Crippen LogP contribution in [0.3, 0.4) is 0 Å². The van der Waals surface area contributed by atoms with Crippen LogP contribution in [0, 0.1) is 5.92 Å². The van der Waals surface area contributed by atoms with E-state index in [4.69, 9.17) is 4.74 Å². The maximum absolute atomic E-state index is 11.5. The van der Waals surface area contributed by atoms with Crippen molar-refractivity contribution >= 4 is 5.97 Å². The highest BCUT2D eigenvalue weighted by Crippen LogP contribution is 2.12. The summed E-state index contributed by atoms with van der Waals surface area (Å²) in [6, 6.07) is 0. The highest BCUT2D eigenvalue weighted by atomic mass is 16.5. The van der Waals surface area contributed by atoms with E-state index in [0.29, 0.717) is 6.61 Å². The van der Waals surface area contributed by atoms with E-state index in [0.717, 1.165) is 12.8 Å². The summed E-state index contributed by atoms with van der Waals surface area (Å²) in [5, 5.41) is 0. The maximum Gasteiger partial charge on any atom is 0.308 e. The molecule has 2 heteroatoms. The van der Waals surface area contributed by atoms with Gasteiger partial charge in [0.15, 0.2) is 0 Å². The van der Waals surface area contributed by atoms with Crippen molar-refractivity contribution in [3.63, 3.8) is 0 Å². The monoisotopic (exact) mass is 310 g/mol. The molecule has 0 aromatic rings. The van der Waals surface area contributed by atoms with Crippen molar-refractivity contribution in [3.8, 4) is 0 Å². The Kier molecular flexibility index (Phi) is 16.0. The first kappa shape index (κ1) is 21.2. The van der Waals surface area contributed by atoms with Crippen molar-refractivity contribution in [2.75, 3.05) is 6.61 Å². The zero-order valence-corrected chi connectivity index (χ0v) is 15.2. The molecule has 0 fully saturated rings. The minimum atomic E-state index is -0.0306. The first-order valence-corrected chi connectivity index (χ1v) is 9.50. The summed E-state index contributed by atoms with van der Waals surface area (Å²) >= 11 is 0. The van der Waals surface area contributed by atoms with Gasteiger partial charge in [0.2, 0.25) is 0 Å². The van der Waals surface area contributed by atoms with Crippen molar-refractivity contribution in [2.24, 2.45) is 5.92 Å². The van der Waals surface area contributed by atoms with Crippen molar-refractivity contribution in [1.29, 1.82) is 0 Å². The summed E-state index contributed by atoms with van der Waals surface area (Å²) in [5.41, 5.74) is 0. The van der Waals surface area contributed by atoms with Crippen molar-refractivity contribution in [1.82, 2.24) is 0 Å². The molecule has 0 saturated heterocycles. The van der Waals surface area contributed by atoms with Gasteiger partial charge in [-0.3, -0.25) is 4.79 Å². The molecular weight excluding hydrogens is 272 g/mol. The van der Waals surface area contributed by atoms with E-state index in [1.807, 2.05) is 13.8 Å². The highest BCUT2D eigenvalue weighted by Gasteiger charge is 2.10. The number of ether oxygens (including phenoxy) is 1. The van der Waals surface area contributed by atoms with Crippen LogP contribution in [0.2, 0.25) is 0 Å². The van der Waals surface area contributed by atoms with Crippen molar-refractivity contribution in [3.05, 3.63) is 12.2 Å². The van der Waals surface area contributed by atoms with E-state index in [2.05, 4.69) is 19.1 Å². The van der Waals surface area contributed by atoms with Gasteiger partial charge in [0.05, 0.1) is 12.5 Å². The van der Waals surface area contributed by atoms with Crippen LogP contribution < -0.4 is 0 Å². The first-order chi connectivity index (χ1) is 10.7. The largest absolute Gasteiger partial charge is 0.465 e. The third-order valence-electron chi connectivity index (χ3n) is 4.26. The second-order valence-corrected chi connectivity index (χ2v) is 6.37. The van der Waals surface area contributed by atoms with Gasteiger partial charge < -0.3 is 4.74 Å². The Morgan fingerprint density at radius 3 is 1.91 bits per heavy atom. The normalized spacial score (nSPS) is 12.7. The van der Waals surface area contributed by atoms with Crippen LogP contribution in [-0.4, -0.2) is 12.6 Å². The molecule has 0 aliphatic heterocycles. The summed E-state index contributed by atoms with van der Waals surface area (Å²) in [5.74, 6) is 0.0231. The van der Waals surface area contributed by atoms with Gasteiger partial charge in [-0.05, 0) is 32.6 Å². The third kappa shape index (κ3) is 14.2. The van der Waals surface area contributed by atoms with Crippen LogP contribution in [-0.2, 0) is 9.53 Å². The van der Waals surface area contributed by atoms with Gasteiger partial charge in [-0.15, -0.1) is 0 Å². The summed E-state index contributed by atoms with van der Waals surface area (Å²) in [6.07, 6.45) is 19.6. The predicted molar refractivity (Wildman–Crippen MR) is 96.0 cm³/mol. The van der Waals surface area contributed by atoms with Gasteiger partial charge in [0.1, 0.15) is 0 Å². The van der Waals surface area contributed by atoms with Gasteiger partial charge in [-0.2, -0.15) is 0 Å². The van der Waals surface area contributed by atoms with Crippen LogP contribution in [0.1, 0.15) is 97.8 Å². The van der Waals surface area contributed by atoms with E-state index < -0.39 is 0 Å². The topological polar surface area (TPSA) is 26.3 Å². The molecule has 0 heterocycles. The molecule has 0 aromatic carbocycles. The van der Waals surface area contributed by atoms with Crippen LogP contribution in [0.15, 0.2) is 12.2 Å². The Morgan fingerprint density at radius 2 is 1.41 bits per heavy atom. The van der Waals surface area contributed by atoms with Gasteiger partial charge >= 0.3 is 5.97 Å². The number of rotatable bonds is 15. The lowest BCUT2D eigenvalue weighted by atomic mass is 10.1. The van der Waals surface area contributed by atoms with Crippen LogP contribution in [0.5, 0.6) is 0 Å². The standard InChI is InChI=1S/C20H38O2/c1-4-6-7-8-9-10-11-12-13-14-15-16-17-18-22-20(21)19(3)5-2/h4,6,19H,5,7-18H2,1-3H3/b6-4+. The Bertz CT molecular complexity index is 271. The molecule has 0 radical (unpaired) electrons. The molecule has 0 spiro atoms. The molecule has 0 aliphatic carbocycles. The van der Waals surface area contributed by atoms with Gasteiger partial charge in [-0.1, -0.05) is 77.4 Å². The molecule has 22 heavy (non-hydrogen) atoms. The predicted octanol–water partition coefficient (Wildman–Crippen LogP) is 6.44. The van der Waals surface area contributed by atoms with Crippen molar-refractivity contribution in [2.45, 2.75) is 97.8 Å². The minimum absolute atomic E-state index is 0.0306. The molecule has 0 bridgehead atoms. The summed E-state index contributed by atoms with van der Waals surface area (Å²) in [6.45, 7) is 6.65. The fourth-order valence-corrected chi connectivity index (χ4v) is 2.43. The average Bonchev–Trinajstić information content (AvgIpc) is 2.54. The zero-order chi connectivity index (χ0) is 16.5. The minimum Gasteiger partial charge on any atom is -0.465 e. The summed E-state index contributed by atoms with van der Waals surface area (Å²) in [7, 11) is 0. The second kappa shape index (κ2) is 16.6. The first-order valence-electron chi connectivity index (χ1n) is 9.50. The van der Waals surface area contributed by atoms with E-state index in [1.54, 1.807) is 0 Å². The van der Waals surface area contributed by atoms with Crippen LogP contribution >= 0.6 is 0 Å². The molecule has 0 N–H and O–H groups in total. The SMILES string of the molecule is C/C=C/CCCCCCCCCCCCOC(=O)C(C)CC. The molecule has 1 unspecified atom stereocenters. The van der Waals surface area contributed by atoms with E-state index in [9.17, 15) is 4.79 Å². The molecule has 0 saturated carbocycles. The summed E-state index contributed by atoms with van der Waals surface area (Å²) in [4.78, 5) is 11.5. The number of esters is 1. The van der Waals surface area contributed by atoms with Crippen LogP contribution in [0.4, 0.5) is 0 Å². The number of allylic oxidation sites excluding steroid dienone is 2. The Labute approximate surface area is 138 Å². The van der Waals surface area contributed by atoms with E-state index in [-0.39, 0.29) is 11.9 Å². The lowest BCUT2D eigenvalue weighted by Gasteiger charge is -2.08. The molecular formula is C20H38O2. The fraction of sp³-hybridized carbons (Fsp3) is 0.850. The molecule has 1 atom stereocenters. The van der Waals surface area contributed by atoms with Crippen molar-refractivity contribution < 1.29 is 9.53 Å². The number of carbonyl (C=O) groups is 1. The van der Waals surface area contributed by atoms with E-state index >= 15 is 0 Å². The molecule has 0 amide bonds. The maximum atomic E-state index is 11.5. The van der Waals surface area contributed by atoms with E-state index in [1.165, 1.54) is 64.2 Å². The highest BCUT2D eigenvalue weighted by molar-refractivity contribution is 5.71. The summed E-state index contributed by atoms with van der Waals surface area (Å²) < 4.78 is 5.25. The Hall–Kier alpha value is -0.790. The zero-order valence-electron chi connectivity index (χ0n) is 15.2. The average molecular weight is 311 g/mol. The second-order valence-electron chi connectivity index (χ2n) is 6.37. The number of carbonyl (C=O) groups excluding carboxylic acids is 1.